The molecule has 0 spiro atoms. The molecule has 1 aliphatic heterocycles. The SMILES string of the molecule is Cc1cccc(C2CC(=O)Nc3c2c(=O)n(C)c(=O)n3C)c1. The fraction of sp³-hybridized carbons (Fsp3) is 0.312. The van der Waals surface area contributed by atoms with Gasteiger partial charge in [0.2, 0.25) is 5.91 Å². The molecule has 0 saturated heterocycles. The summed E-state index contributed by atoms with van der Waals surface area (Å²) in [5.41, 5.74) is 1.63. The molecule has 1 atom stereocenters. The number of benzene rings is 1. The topological polar surface area (TPSA) is 73.1 Å². The number of nitrogens with zero attached hydrogens (tertiary/aromatic N) is 2. The van der Waals surface area contributed by atoms with E-state index in [2.05, 4.69) is 5.32 Å². The molecule has 2 heterocycles. The summed E-state index contributed by atoms with van der Waals surface area (Å²) < 4.78 is 2.40. The van der Waals surface area contributed by atoms with Crippen molar-refractivity contribution in [1.29, 1.82) is 0 Å². The van der Waals surface area contributed by atoms with Crippen molar-refractivity contribution in [2.45, 2.75) is 19.3 Å². The van der Waals surface area contributed by atoms with Crippen LogP contribution >= 0.6 is 0 Å². The van der Waals surface area contributed by atoms with E-state index >= 15 is 0 Å². The lowest BCUT2D eigenvalue weighted by Gasteiger charge is -2.27. The van der Waals surface area contributed by atoms with E-state index in [9.17, 15) is 14.4 Å². The maximum atomic E-state index is 12.6. The van der Waals surface area contributed by atoms with E-state index in [1.54, 1.807) is 7.05 Å². The summed E-state index contributed by atoms with van der Waals surface area (Å²) in [6.07, 6.45) is 0.198. The van der Waals surface area contributed by atoms with Crippen LogP contribution in [0.1, 0.15) is 29.0 Å². The lowest BCUT2D eigenvalue weighted by atomic mass is 9.86. The van der Waals surface area contributed by atoms with E-state index in [4.69, 9.17) is 0 Å². The second-order valence-corrected chi connectivity index (χ2v) is 5.69. The first-order valence-electron chi connectivity index (χ1n) is 7.06. The second kappa shape index (κ2) is 4.98. The predicted molar refractivity (Wildman–Crippen MR) is 83.2 cm³/mol. The molecule has 6 heteroatoms. The normalized spacial score (nSPS) is 17.0. The van der Waals surface area contributed by atoms with Crippen molar-refractivity contribution < 1.29 is 4.79 Å². The van der Waals surface area contributed by atoms with E-state index in [1.165, 1.54) is 11.6 Å². The third-order valence-electron chi connectivity index (χ3n) is 4.14. The van der Waals surface area contributed by atoms with Crippen LogP contribution in [0.3, 0.4) is 0 Å². The highest BCUT2D eigenvalue weighted by Crippen LogP contribution is 2.34. The molecular weight excluding hydrogens is 282 g/mol. The first kappa shape index (κ1) is 14.3. The highest BCUT2D eigenvalue weighted by atomic mass is 16.2. The summed E-state index contributed by atoms with van der Waals surface area (Å²) in [5.74, 6) is -0.229. The Kier molecular flexibility index (Phi) is 3.24. The summed E-state index contributed by atoms with van der Waals surface area (Å²) in [4.78, 5) is 36.6. The number of fused-ring (bicyclic) bond motifs is 1. The van der Waals surface area contributed by atoms with Crippen molar-refractivity contribution in [3.8, 4) is 0 Å². The molecule has 22 heavy (non-hydrogen) atoms. The molecule has 3 rings (SSSR count). The molecule has 1 unspecified atom stereocenters. The smallest absolute Gasteiger partial charge is 0.312 e. The lowest BCUT2D eigenvalue weighted by Crippen LogP contribution is -2.44. The molecule has 0 saturated carbocycles. The molecule has 1 aromatic carbocycles. The molecule has 1 aromatic heterocycles. The Balaban J connectivity index is 2.33. The zero-order valence-electron chi connectivity index (χ0n) is 12.7. The van der Waals surface area contributed by atoms with Gasteiger partial charge >= 0.3 is 5.69 Å². The van der Waals surface area contributed by atoms with Crippen LogP contribution in [0.25, 0.3) is 0 Å². The summed E-state index contributed by atoms with van der Waals surface area (Å²) >= 11 is 0. The Bertz CT molecular complexity index is 892. The Labute approximate surface area is 127 Å². The highest BCUT2D eigenvalue weighted by Gasteiger charge is 2.32. The average molecular weight is 299 g/mol. The number of nitrogens with one attached hydrogen (secondary N) is 1. The maximum Gasteiger partial charge on any atom is 0.332 e. The molecule has 1 aliphatic rings. The summed E-state index contributed by atoms with van der Waals surface area (Å²) in [7, 11) is 3.01. The van der Waals surface area contributed by atoms with Gasteiger partial charge in [0.15, 0.2) is 0 Å². The zero-order valence-corrected chi connectivity index (χ0v) is 12.7. The minimum atomic E-state index is -0.450. The van der Waals surface area contributed by atoms with Crippen molar-refractivity contribution in [3.63, 3.8) is 0 Å². The molecule has 0 bridgehead atoms. The number of aryl methyl sites for hydroxylation is 1. The molecular formula is C16H17N3O3. The molecule has 0 aliphatic carbocycles. The van der Waals surface area contributed by atoms with E-state index in [-0.39, 0.29) is 23.8 Å². The number of rotatable bonds is 1. The fourth-order valence-electron chi connectivity index (χ4n) is 2.98. The summed E-state index contributed by atoms with van der Waals surface area (Å²) in [5, 5.41) is 2.66. The quantitative estimate of drug-likeness (QED) is 0.849. The van der Waals surface area contributed by atoms with Crippen LogP contribution in [0, 0.1) is 6.92 Å². The minimum absolute atomic E-state index is 0.192. The van der Waals surface area contributed by atoms with Crippen LogP contribution < -0.4 is 16.6 Å². The number of hydrogen-bond acceptors (Lipinski definition) is 3. The standard InChI is InChI=1S/C16H17N3O3/c1-9-5-4-6-10(7-9)11-8-12(20)17-14-13(11)15(21)19(3)16(22)18(14)2/h4-7,11H,8H2,1-3H3,(H,17,20). The van der Waals surface area contributed by atoms with Crippen LogP contribution in [-0.4, -0.2) is 15.0 Å². The third-order valence-corrected chi connectivity index (χ3v) is 4.14. The number of carbonyl (C=O) groups is 1. The monoisotopic (exact) mass is 299 g/mol. The van der Waals surface area contributed by atoms with Crippen LogP contribution in [0.15, 0.2) is 33.9 Å². The van der Waals surface area contributed by atoms with Gasteiger partial charge < -0.3 is 5.32 Å². The van der Waals surface area contributed by atoms with Gasteiger partial charge in [-0.05, 0) is 12.5 Å². The number of amides is 1. The van der Waals surface area contributed by atoms with Crippen LogP contribution in [-0.2, 0) is 18.9 Å². The van der Waals surface area contributed by atoms with Crippen molar-refractivity contribution in [3.05, 3.63) is 61.8 Å². The molecule has 114 valence electrons. The van der Waals surface area contributed by atoms with Crippen molar-refractivity contribution in [2.24, 2.45) is 14.1 Å². The molecule has 1 N–H and O–H groups in total. The third kappa shape index (κ3) is 2.07. The second-order valence-electron chi connectivity index (χ2n) is 5.69. The van der Waals surface area contributed by atoms with Gasteiger partial charge in [0, 0.05) is 26.4 Å². The van der Waals surface area contributed by atoms with Gasteiger partial charge in [-0.1, -0.05) is 29.8 Å². The Morgan fingerprint density at radius 2 is 1.86 bits per heavy atom. The number of anilines is 1. The Hall–Kier alpha value is -2.63. The van der Waals surface area contributed by atoms with Crippen LogP contribution in [0.2, 0.25) is 0 Å². The van der Waals surface area contributed by atoms with Gasteiger partial charge in [0.05, 0.1) is 5.56 Å². The van der Waals surface area contributed by atoms with Gasteiger partial charge in [-0.2, -0.15) is 0 Å². The summed E-state index contributed by atoms with van der Waals surface area (Å²) in [6, 6.07) is 7.75. The van der Waals surface area contributed by atoms with Crippen molar-refractivity contribution in [1.82, 2.24) is 9.13 Å². The predicted octanol–water partition coefficient (Wildman–Crippen LogP) is 0.867. The first-order chi connectivity index (χ1) is 10.4. The Morgan fingerprint density at radius 1 is 1.14 bits per heavy atom. The highest BCUT2D eigenvalue weighted by molar-refractivity contribution is 5.94. The van der Waals surface area contributed by atoms with Gasteiger partial charge in [0.25, 0.3) is 5.56 Å². The first-order valence-corrected chi connectivity index (χ1v) is 7.06. The van der Waals surface area contributed by atoms with Crippen molar-refractivity contribution in [2.75, 3.05) is 5.32 Å². The van der Waals surface area contributed by atoms with E-state index in [1.807, 2.05) is 31.2 Å². The number of hydrogen-bond donors (Lipinski definition) is 1. The molecule has 6 nitrogen and oxygen atoms in total. The molecule has 1 amide bonds. The van der Waals surface area contributed by atoms with E-state index < -0.39 is 5.69 Å². The molecule has 2 aromatic rings. The fourth-order valence-corrected chi connectivity index (χ4v) is 2.98. The molecule has 0 fully saturated rings. The zero-order chi connectivity index (χ0) is 16.0. The van der Waals surface area contributed by atoms with Crippen LogP contribution in [0.4, 0.5) is 5.82 Å². The van der Waals surface area contributed by atoms with Crippen LogP contribution in [0.5, 0.6) is 0 Å². The maximum absolute atomic E-state index is 12.6. The van der Waals surface area contributed by atoms with Crippen molar-refractivity contribution >= 4 is 11.7 Å². The average Bonchev–Trinajstić information content (AvgIpc) is 2.50. The van der Waals surface area contributed by atoms with Gasteiger partial charge in [-0.15, -0.1) is 0 Å². The van der Waals surface area contributed by atoms with Gasteiger partial charge in [0.1, 0.15) is 5.82 Å². The summed E-state index contributed by atoms with van der Waals surface area (Å²) in [6.45, 7) is 1.96. The lowest BCUT2D eigenvalue weighted by molar-refractivity contribution is -0.116. The van der Waals surface area contributed by atoms with E-state index in [0.717, 1.165) is 15.7 Å². The minimum Gasteiger partial charge on any atom is -0.312 e. The van der Waals surface area contributed by atoms with E-state index in [0.29, 0.717) is 11.4 Å². The van der Waals surface area contributed by atoms with Gasteiger partial charge in [-0.25, -0.2) is 4.79 Å². The number of carbonyl (C=O) groups excluding carboxylic acids is 1. The molecule has 0 radical (unpaired) electrons. The number of aromatic nitrogens is 2. The van der Waals surface area contributed by atoms with Gasteiger partial charge in [-0.3, -0.25) is 18.7 Å². The largest absolute Gasteiger partial charge is 0.332 e. The Morgan fingerprint density at radius 3 is 2.55 bits per heavy atom.